The van der Waals surface area contributed by atoms with Crippen LogP contribution in [0.25, 0.3) is 0 Å². The Kier molecular flexibility index (Phi) is 5.65. The maximum Gasteiger partial charge on any atom is 0.239 e. The Morgan fingerprint density at radius 1 is 1.33 bits per heavy atom. The normalized spacial score (nSPS) is 12.3. The van der Waals surface area contributed by atoms with Crippen molar-refractivity contribution in [1.29, 1.82) is 0 Å². The molecule has 0 radical (unpaired) electrons. The molecule has 1 aromatic carbocycles. The Balaban J connectivity index is 2.33. The second-order valence-electron chi connectivity index (χ2n) is 4.69. The van der Waals surface area contributed by atoms with Crippen LogP contribution in [0.3, 0.4) is 0 Å². The summed E-state index contributed by atoms with van der Waals surface area (Å²) in [4.78, 5) is 13.5. The van der Waals surface area contributed by atoms with Gasteiger partial charge in [-0.15, -0.1) is 0 Å². The van der Waals surface area contributed by atoms with Crippen LogP contribution in [0.4, 0.5) is 0 Å². The summed E-state index contributed by atoms with van der Waals surface area (Å²) in [6.07, 6.45) is 0. The highest BCUT2D eigenvalue weighted by atomic mass is 16.5. The first-order valence-corrected chi connectivity index (χ1v) is 6.20. The molecule has 100 valence electrons. The molecule has 0 saturated heterocycles. The smallest absolute Gasteiger partial charge is 0.239 e. The van der Waals surface area contributed by atoms with Crippen molar-refractivity contribution >= 4 is 5.91 Å². The van der Waals surface area contributed by atoms with E-state index in [2.05, 4.69) is 0 Å². The maximum atomic E-state index is 11.9. The quantitative estimate of drug-likeness (QED) is 0.832. The molecular weight excluding hydrogens is 228 g/mol. The number of hydrogen-bond donors (Lipinski definition) is 1. The molecule has 2 N–H and O–H groups in total. The number of rotatable bonds is 6. The lowest BCUT2D eigenvalue weighted by atomic mass is 10.0. The molecule has 0 aliphatic carbocycles. The van der Waals surface area contributed by atoms with E-state index < -0.39 is 6.04 Å². The van der Waals surface area contributed by atoms with Crippen molar-refractivity contribution < 1.29 is 9.53 Å². The number of hydrogen-bond acceptors (Lipinski definition) is 3. The van der Waals surface area contributed by atoms with E-state index in [9.17, 15) is 4.79 Å². The van der Waals surface area contributed by atoms with Gasteiger partial charge >= 0.3 is 0 Å². The van der Waals surface area contributed by atoms with E-state index in [4.69, 9.17) is 10.5 Å². The highest BCUT2D eigenvalue weighted by Gasteiger charge is 2.20. The van der Waals surface area contributed by atoms with E-state index in [1.165, 1.54) is 0 Å². The molecule has 0 saturated carbocycles. The Morgan fingerprint density at radius 3 is 2.50 bits per heavy atom. The van der Waals surface area contributed by atoms with Crippen LogP contribution >= 0.6 is 0 Å². The standard InChI is InChI=1S/C14H22N2O2/c1-11(2)13(15)14(17)16(3)9-10-18-12-7-5-4-6-8-12/h4-8,11,13H,9-10,15H2,1-3H3/t13-/m0/s1. The van der Waals surface area contributed by atoms with Gasteiger partial charge in [0.15, 0.2) is 0 Å². The second kappa shape index (κ2) is 7.01. The van der Waals surface area contributed by atoms with Crippen LogP contribution in [0.1, 0.15) is 13.8 Å². The zero-order valence-electron chi connectivity index (χ0n) is 11.3. The predicted molar refractivity (Wildman–Crippen MR) is 72.4 cm³/mol. The summed E-state index contributed by atoms with van der Waals surface area (Å²) in [5, 5.41) is 0. The van der Waals surface area contributed by atoms with Crippen LogP contribution in [-0.2, 0) is 4.79 Å². The molecular formula is C14H22N2O2. The third-order valence-electron chi connectivity index (χ3n) is 2.82. The number of carbonyl (C=O) groups is 1. The minimum atomic E-state index is -0.438. The fourth-order valence-corrected chi connectivity index (χ4v) is 1.47. The molecule has 4 nitrogen and oxygen atoms in total. The lowest BCUT2D eigenvalue weighted by Gasteiger charge is -2.23. The van der Waals surface area contributed by atoms with Crippen LogP contribution in [-0.4, -0.2) is 37.0 Å². The Labute approximate surface area is 109 Å². The first kappa shape index (κ1) is 14.5. The van der Waals surface area contributed by atoms with Crippen molar-refractivity contribution in [3.05, 3.63) is 30.3 Å². The molecule has 0 spiro atoms. The summed E-state index contributed by atoms with van der Waals surface area (Å²) in [5.41, 5.74) is 5.81. The van der Waals surface area contributed by atoms with E-state index in [1.807, 2.05) is 44.2 Å². The van der Waals surface area contributed by atoms with Gasteiger partial charge in [-0.2, -0.15) is 0 Å². The minimum absolute atomic E-state index is 0.0401. The fraction of sp³-hybridized carbons (Fsp3) is 0.500. The van der Waals surface area contributed by atoms with Crippen LogP contribution in [0.5, 0.6) is 5.75 Å². The van der Waals surface area contributed by atoms with Crippen molar-refractivity contribution in [2.24, 2.45) is 11.7 Å². The molecule has 0 unspecified atom stereocenters. The highest BCUT2D eigenvalue weighted by Crippen LogP contribution is 2.08. The van der Waals surface area contributed by atoms with Gasteiger partial charge in [-0.25, -0.2) is 0 Å². The highest BCUT2D eigenvalue weighted by molar-refractivity contribution is 5.81. The Bertz CT molecular complexity index is 365. The topological polar surface area (TPSA) is 55.6 Å². The second-order valence-corrected chi connectivity index (χ2v) is 4.69. The molecule has 1 atom stereocenters. The summed E-state index contributed by atoms with van der Waals surface area (Å²) >= 11 is 0. The zero-order valence-corrected chi connectivity index (χ0v) is 11.3. The summed E-state index contributed by atoms with van der Waals surface area (Å²) in [7, 11) is 1.75. The lowest BCUT2D eigenvalue weighted by molar-refractivity contribution is -0.132. The van der Waals surface area contributed by atoms with Gasteiger partial charge in [0.2, 0.25) is 5.91 Å². The Hall–Kier alpha value is -1.55. The van der Waals surface area contributed by atoms with Gasteiger partial charge in [-0.05, 0) is 18.1 Å². The van der Waals surface area contributed by atoms with Gasteiger partial charge in [-0.3, -0.25) is 4.79 Å². The monoisotopic (exact) mass is 250 g/mol. The largest absolute Gasteiger partial charge is 0.492 e. The van der Waals surface area contributed by atoms with Gasteiger partial charge in [0.05, 0.1) is 12.6 Å². The van der Waals surface area contributed by atoms with Gasteiger partial charge in [-0.1, -0.05) is 32.0 Å². The van der Waals surface area contributed by atoms with Crippen LogP contribution in [0.2, 0.25) is 0 Å². The van der Waals surface area contributed by atoms with Gasteiger partial charge in [0.25, 0.3) is 0 Å². The Morgan fingerprint density at radius 2 is 1.94 bits per heavy atom. The predicted octanol–water partition coefficient (Wildman–Crippen LogP) is 1.51. The SMILES string of the molecule is CC(C)[C@H](N)C(=O)N(C)CCOc1ccccc1. The van der Waals surface area contributed by atoms with Crippen molar-refractivity contribution in [2.75, 3.05) is 20.2 Å². The fourth-order valence-electron chi connectivity index (χ4n) is 1.47. The molecule has 4 heteroatoms. The van der Waals surface area contributed by atoms with E-state index in [1.54, 1.807) is 11.9 Å². The number of nitrogens with zero attached hydrogens (tertiary/aromatic N) is 1. The number of nitrogens with two attached hydrogens (primary N) is 1. The molecule has 0 aromatic heterocycles. The summed E-state index contributed by atoms with van der Waals surface area (Å²) in [6.45, 7) is 4.89. The number of benzene rings is 1. The van der Waals surface area contributed by atoms with E-state index >= 15 is 0 Å². The first-order chi connectivity index (χ1) is 8.52. The average molecular weight is 250 g/mol. The summed E-state index contributed by atoms with van der Waals surface area (Å²) in [6, 6.07) is 9.11. The molecule has 0 aliphatic rings. The lowest BCUT2D eigenvalue weighted by Crippen LogP contribution is -2.46. The van der Waals surface area contributed by atoms with Gasteiger partial charge in [0.1, 0.15) is 12.4 Å². The summed E-state index contributed by atoms with van der Waals surface area (Å²) in [5.74, 6) is 0.920. The van der Waals surface area contributed by atoms with Gasteiger partial charge in [0, 0.05) is 7.05 Å². The van der Waals surface area contributed by atoms with Crippen molar-refractivity contribution in [3.8, 4) is 5.75 Å². The van der Waals surface area contributed by atoms with E-state index in [0.29, 0.717) is 13.2 Å². The number of para-hydroxylation sites is 1. The minimum Gasteiger partial charge on any atom is -0.492 e. The molecule has 0 aliphatic heterocycles. The molecule has 0 fully saturated rings. The van der Waals surface area contributed by atoms with Crippen LogP contribution < -0.4 is 10.5 Å². The van der Waals surface area contributed by atoms with E-state index in [-0.39, 0.29) is 11.8 Å². The number of likely N-dealkylation sites (N-methyl/N-ethyl adjacent to an activating group) is 1. The van der Waals surface area contributed by atoms with Gasteiger partial charge < -0.3 is 15.4 Å². The molecule has 0 bridgehead atoms. The van der Waals surface area contributed by atoms with Crippen LogP contribution in [0, 0.1) is 5.92 Å². The third kappa shape index (κ3) is 4.37. The zero-order chi connectivity index (χ0) is 13.5. The molecule has 1 aromatic rings. The average Bonchev–Trinajstić information content (AvgIpc) is 2.38. The van der Waals surface area contributed by atoms with Crippen molar-refractivity contribution in [3.63, 3.8) is 0 Å². The first-order valence-electron chi connectivity index (χ1n) is 6.20. The maximum absolute atomic E-state index is 11.9. The molecule has 0 heterocycles. The van der Waals surface area contributed by atoms with Crippen molar-refractivity contribution in [1.82, 2.24) is 4.90 Å². The molecule has 18 heavy (non-hydrogen) atoms. The van der Waals surface area contributed by atoms with E-state index in [0.717, 1.165) is 5.75 Å². The summed E-state index contributed by atoms with van der Waals surface area (Å²) < 4.78 is 5.53. The number of ether oxygens (including phenoxy) is 1. The van der Waals surface area contributed by atoms with Crippen molar-refractivity contribution in [2.45, 2.75) is 19.9 Å². The third-order valence-corrected chi connectivity index (χ3v) is 2.82. The molecule has 1 rings (SSSR count). The molecule has 1 amide bonds. The number of carbonyl (C=O) groups excluding carboxylic acids is 1. The number of amides is 1. The van der Waals surface area contributed by atoms with Crippen LogP contribution in [0.15, 0.2) is 30.3 Å².